The molecule has 0 bridgehead atoms. The molecule has 1 atom stereocenters. The lowest BCUT2D eigenvalue weighted by atomic mass is 9.89. The molecule has 0 aliphatic heterocycles. The second-order valence-corrected chi connectivity index (χ2v) is 5.04. The minimum absolute atomic E-state index is 0.175. The zero-order valence-electron chi connectivity index (χ0n) is 11.9. The highest BCUT2D eigenvalue weighted by Gasteiger charge is 2.23. The molecule has 0 saturated carbocycles. The zero-order valence-corrected chi connectivity index (χ0v) is 11.9. The van der Waals surface area contributed by atoms with Crippen LogP contribution in [-0.4, -0.2) is 19.3 Å². The standard InChI is InChI=1S/C16H23FO2/c1-3-5-10-19-13-7-8-14-12(11-13)6-9-15(16(14)17)18-4-2/h6,9,13H,3-5,7-8,10-11H2,1-2H3. The van der Waals surface area contributed by atoms with Gasteiger partial charge in [-0.3, -0.25) is 0 Å². The molecule has 106 valence electrons. The quantitative estimate of drug-likeness (QED) is 0.727. The maximum absolute atomic E-state index is 14.2. The van der Waals surface area contributed by atoms with Gasteiger partial charge in [-0.2, -0.15) is 0 Å². The molecule has 1 aromatic carbocycles. The summed E-state index contributed by atoms with van der Waals surface area (Å²) in [5.41, 5.74) is 1.90. The van der Waals surface area contributed by atoms with Gasteiger partial charge in [-0.1, -0.05) is 19.4 Å². The van der Waals surface area contributed by atoms with E-state index in [9.17, 15) is 4.39 Å². The van der Waals surface area contributed by atoms with Gasteiger partial charge in [-0.15, -0.1) is 0 Å². The first-order chi connectivity index (χ1) is 9.26. The van der Waals surface area contributed by atoms with E-state index < -0.39 is 0 Å². The van der Waals surface area contributed by atoms with Gasteiger partial charge in [0, 0.05) is 6.61 Å². The maximum Gasteiger partial charge on any atom is 0.168 e. The van der Waals surface area contributed by atoms with Gasteiger partial charge >= 0.3 is 0 Å². The summed E-state index contributed by atoms with van der Waals surface area (Å²) in [6.45, 7) is 5.34. The van der Waals surface area contributed by atoms with Gasteiger partial charge < -0.3 is 9.47 Å². The third-order valence-electron chi connectivity index (χ3n) is 3.62. The van der Waals surface area contributed by atoms with Crippen LogP contribution in [0.5, 0.6) is 5.75 Å². The lowest BCUT2D eigenvalue weighted by Gasteiger charge is -2.25. The molecule has 1 unspecified atom stereocenters. The van der Waals surface area contributed by atoms with Crippen LogP contribution in [0.15, 0.2) is 12.1 Å². The lowest BCUT2D eigenvalue weighted by molar-refractivity contribution is 0.0420. The molecule has 0 spiro atoms. The molecule has 0 aromatic heterocycles. The molecule has 1 aliphatic carbocycles. The molecule has 19 heavy (non-hydrogen) atoms. The van der Waals surface area contributed by atoms with Crippen LogP contribution in [0.3, 0.4) is 0 Å². The molecule has 1 aromatic rings. The van der Waals surface area contributed by atoms with Crippen LogP contribution in [-0.2, 0) is 17.6 Å². The summed E-state index contributed by atoms with van der Waals surface area (Å²) in [4.78, 5) is 0. The van der Waals surface area contributed by atoms with E-state index in [1.165, 1.54) is 0 Å². The minimum Gasteiger partial charge on any atom is -0.491 e. The molecule has 1 aliphatic rings. The van der Waals surface area contributed by atoms with E-state index in [0.717, 1.165) is 49.8 Å². The maximum atomic E-state index is 14.2. The SMILES string of the molecule is CCCCOC1CCc2c(ccc(OCC)c2F)C1. The van der Waals surface area contributed by atoms with Crippen molar-refractivity contribution in [1.82, 2.24) is 0 Å². The van der Waals surface area contributed by atoms with E-state index in [2.05, 4.69) is 6.92 Å². The highest BCUT2D eigenvalue weighted by atomic mass is 19.1. The van der Waals surface area contributed by atoms with Crippen molar-refractivity contribution >= 4 is 0 Å². The third-order valence-corrected chi connectivity index (χ3v) is 3.62. The van der Waals surface area contributed by atoms with Gasteiger partial charge in [0.05, 0.1) is 12.7 Å². The Balaban J connectivity index is 2.03. The van der Waals surface area contributed by atoms with Gasteiger partial charge in [0.25, 0.3) is 0 Å². The van der Waals surface area contributed by atoms with Gasteiger partial charge in [-0.05, 0) is 49.8 Å². The number of hydrogen-bond acceptors (Lipinski definition) is 2. The summed E-state index contributed by atoms with van der Waals surface area (Å²) < 4.78 is 25.4. The van der Waals surface area contributed by atoms with Crippen molar-refractivity contribution in [2.75, 3.05) is 13.2 Å². The Kier molecular flexibility index (Phi) is 5.20. The highest BCUT2D eigenvalue weighted by Crippen LogP contribution is 2.30. The smallest absolute Gasteiger partial charge is 0.168 e. The molecule has 2 nitrogen and oxygen atoms in total. The molecule has 0 amide bonds. The van der Waals surface area contributed by atoms with E-state index in [0.29, 0.717) is 12.4 Å². The predicted octanol–water partition coefficient (Wildman–Crippen LogP) is 3.90. The Morgan fingerprint density at radius 2 is 2.16 bits per heavy atom. The summed E-state index contributed by atoms with van der Waals surface area (Å²) >= 11 is 0. The average Bonchev–Trinajstić information content (AvgIpc) is 2.42. The van der Waals surface area contributed by atoms with Crippen molar-refractivity contribution in [2.24, 2.45) is 0 Å². The molecule has 0 heterocycles. The van der Waals surface area contributed by atoms with Crippen LogP contribution < -0.4 is 4.74 Å². The molecule has 0 N–H and O–H groups in total. The van der Waals surface area contributed by atoms with E-state index >= 15 is 0 Å². The molecule has 3 heteroatoms. The molecular weight excluding hydrogens is 243 g/mol. The molecule has 2 rings (SSSR count). The first-order valence-electron chi connectivity index (χ1n) is 7.30. The fourth-order valence-electron chi connectivity index (χ4n) is 2.56. The van der Waals surface area contributed by atoms with Gasteiger partial charge in [0.15, 0.2) is 11.6 Å². The van der Waals surface area contributed by atoms with E-state index in [4.69, 9.17) is 9.47 Å². The minimum atomic E-state index is -0.175. The first kappa shape index (κ1) is 14.3. The van der Waals surface area contributed by atoms with Crippen LogP contribution in [0.2, 0.25) is 0 Å². The fourth-order valence-corrected chi connectivity index (χ4v) is 2.56. The third kappa shape index (κ3) is 3.47. The van der Waals surface area contributed by atoms with Crippen LogP contribution in [0.4, 0.5) is 4.39 Å². The number of fused-ring (bicyclic) bond motifs is 1. The van der Waals surface area contributed by atoms with Crippen molar-refractivity contribution in [1.29, 1.82) is 0 Å². The number of benzene rings is 1. The molecule has 0 saturated heterocycles. The van der Waals surface area contributed by atoms with Crippen LogP contribution in [0.1, 0.15) is 44.2 Å². The summed E-state index contributed by atoms with van der Waals surface area (Å²) in [6.07, 6.45) is 4.97. The van der Waals surface area contributed by atoms with Crippen molar-refractivity contribution in [2.45, 2.75) is 52.1 Å². The molecule has 0 fully saturated rings. The second-order valence-electron chi connectivity index (χ2n) is 5.04. The van der Waals surface area contributed by atoms with E-state index in [-0.39, 0.29) is 11.9 Å². The van der Waals surface area contributed by atoms with E-state index in [1.807, 2.05) is 13.0 Å². The Bertz CT molecular complexity index is 417. The highest BCUT2D eigenvalue weighted by molar-refractivity contribution is 5.39. The Morgan fingerprint density at radius 1 is 1.32 bits per heavy atom. The van der Waals surface area contributed by atoms with E-state index in [1.54, 1.807) is 6.07 Å². The molecule has 0 radical (unpaired) electrons. The number of rotatable bonds is 6. The average molecular weight is 266 g/mol. The van der Waals surface area contributed by atoms with Gasteiger partial charge in [-0.25, -0.2) is 4.39 Å². The Morgan fingerprint density at radius 3 is 2.89 bits per heavy atom. The monoisotopic (exact) mass is 266 g/mol. The number of halogens is 1. The van der Waals surface area contributed by atoms with Crippen molar-refractivity contribution in [3.05, 3.63) is 29.1 Å². The van der Waals surface area contributed by atoms with Crippen molar-refractivity contribution in [3.8, 4) is 5.75 Å². The number of ether oxygens (including phenoxy) is 2. The van der Waals surface area contributed by atoms with Crippen LogP contribution in [0, 0.1) is 5.82 Å². The second kappa shape index (κ2) is 6.90. The Labute approximate surface area is 114 Å². The molecular formula is C16H23FO2. The van der Waals surface area contributed by atoms with Crippen LogP contribution >= 0.6 is 0 Å². The Hall–Kier alpha value is -1.09. The van der Waals surface area contributed by atoms with Crippen LogP contribution in [0.25, 0.3) is 0 Å². The summed E-state index contributed by atoms with van der Waals surface area (Å²) in [7, 11) is 0. The summed E-state index contributed by atoms with van der Waals surface area (Å²) in [6, 6.07) is 3.73. The topological polar surface area (TPSA) is 18.5 Å². The number of hydrogen-bond donors (Lipinski definition) is 0. The zero-order chi connectivity index (χ0) is 13.7. The fraction of sp³-hybridized carbons (Fsp3) is 0.625. The van der Waals surface area contributed by atoms with Gasteiger partial charge in [0.1, 0.15) is 0 Å². The van der Waals surface area contributed by atoms with Crippen molar-refractivity contribution < 1.29 is 13.9 Å². The normalized spacial score (nSPS) is 18.2. The summed E-state index contributed by atoms with van der Waals surface area (Å²) in [5.74, 6) is 0.206. The number of unbranched alkanes of at least 4 members (excludes halogenated alkanes) is 1. The van der Waals surface area contributed by atoms with Crippen molar-refractivity contribution in [3.63, 3.8) is 0 Å². The largest absolute Gasteiger partial charge is 0.491 e. The predicted molar refractivity (Wildman–Crippen MR) is 74.2 cm³/mol. The first-order valence-corrected chi connectivity index (χ1v) is 7.30. The van der Waals surface area contributed by atoms with Gasteiger partial charge in [0.2, 0.25) is 0 Å². The lowest BCUT2D eigenvalue weighted by Crippen LogP contribution is -2.24. The summed E-state index contributed by atoms with van der Waals surface area (Å²) in [5, 5.41) is 0.